The average molecular weight is 189 g/mol. The highest BCUT2D eigenvalue weighted by molar-refractivity contribution is 5.77. The number of hydrogen-bond acceptors (Lipinski definition) is 4. The number of nitrogens with one attached hydrogen (secondary N) is 2. The molecule has 78 valence electrons. The van der Waals surface area contributed by atoms with E-state index in [9.17, 15) is 4.79 Å². The molecular formula is C8H19N3O2. The Morgan fingerprint density at radius 2 is 2.23 bits per heavy atom. The highest BCUT2D eigenvalue weighted by atomic mass is 16.5. The van der Waals surface area contributed by atoms with Gasteiger partial charge in [-0.2, -0.15) is 0 Å². The Balaban J connectivity index is 3.11. The summed E-state index contributed by atoms with van der Waals surface area (Å²) in [5.74, 6) is 0.00422. The van der Waals surface area contributed by atoms with Crippen LogP contribution < -0.4 is 16.4 Å². The maximum Gasteiger partial charge on any atom is 0.233 e. The summed E-state index contributed by atoms with van der Waals surface area (Å²) in [5.41, 5.74) is 5.24. The monoisotopic (exact) mass is 189 g/mol. The molecule has 0 aliphatic carbocycles. The van der Waals surface area contributed by atoms with Crippen molar-refractivity contribution in [3.05, 3.63) is 0 Å². The topological polar surface area (TPSA) is 76.4 Å². The molecule has 13 heavy (non-hydrogen) atoms. The van der Waals surface area contributed by atoms with E-state index in [1.165, 1.54) is 0 Å². The maximum atomic E-state index is 11.0. The van der Waals surface area contributed by atoms with Crippen LogP contribution in [0.15, 0.2) is 0 Å². The number of hydrogen-bond donors (Lipinski definition) is 3. The smallest absolute Gasteiger partial charge is 0.233 e. The summed E-state index contributed by atoms with van der Waals surface area (Å²) in [6, 6.07) is 0. The molecule has 0 aromatic carbocycles. The van der Waals surface area contributed by atoms with Crippen LogP contribution in [-0.2, 0) is 9.53 Å². The molecule has 1 amide bonds. The van der Waals surface area contributed by atoms with Crippen LogP contribution in [0.3, 0.4) is 0 Å². The van der Waals surface area contributed by atoms with E-state index >= 15 is 0 Å². The lowest BCUT2D eigenvalue weighted by Gasteiger charge is -2.05. The number of amides is 1. The molecular weight excluding hydrogens is 170 g/mol. The van der Waals surface area contributed by atoms with E-state index in [4.69, 9.17) is 10.5 Å². The van der Waals surface area contributed by atoms with Gasteiger partial charge in [-0.25, -0.2) is 0 Å². The number of rotatable bonds is 8. The summed E-state index contributed by atoms with van der Waals surface area (Å²) < 4.78 is 4.84. The number of nitrogens with two attached hydrogens (primary N) is 1. The zero-order chi connectivity index (χ0) is 9.94. The summed E-state index contributed by atoms with van der Waals surface area (Å²) in [6.07, 6.45) is 0.846. The minimum atomic E-state index is 0.00422. The molecule has 0 saturated heterocycles. The van der Waals surface area contributed by atoms with Crippen molar-refractivity contribution in [1.29, 1.82) is 0 Å². The second-order valence-corrected chi connectivity index (χ2v) is 2.66. The Kier molecular flexibility index (Phi) is 8.97. The van der Waals surface area contributed by atoms with Gasteiger partial charge in [-0.3, -0.25) is 4.79 Å². The molecule has 0 radical (unpaired) electrons. The molecule has 5 heteroatoms. The van der Waals surface area contributed by atoms with E-state index in [0.29, 0.717) is 32.8 Å². The maximum absolute atomic E-state index is 11.0. The van der Waals surface area contributed by atoms with Crippen LogP contribution in [0, 0.1) is 0 Å². The van der Waals surface area contributed by atoms with Gasteiger partial charge in [-0.1, -0.05) is 0 Å². The first-order valence-corrected chi connectivity index (χ1v) is 4.47. The van der Waals surface area contributed by atoms with Crippen molar-refractivity contribution in [2.75, 3.05) is 39.9 Å². The Bertz CT molecular complexity index is 131. The lowest BCUT2D eigenvalue weighted by atomic mass is 10.4. The van der Waals surface area contributed by atoms with E-state index in [2.05, 4.69) is 10.6 Å². The van der Waals surface area contributed by atoms with Gasteiger partial charge in [0.15, 0.2) is 0 Å². The SMILES string of the molecule is COCCCNC(=O)CNCCN. The molecule has 0 aliphatic rings. The molecule has 0 fully saturated rings. The number of methoxy groups -OCH3 is 1. The molecule has 0 bridgehead atoms. The Hall–Kier alpha value is -0.650. The van der Waals surface area contributed by atoms with Gasteiger partial charge < -0.3 is 21.1 Å². The van der Waals surface area contributed by atoms with Crippen LogP contribution >= 0.6 is 0 Å². The van der Waals surface area contributed by atoms with Crippen LogP contribution in [-0.4, -0.2) is 45.8 Å². The fraction of sp³-hybridized carbons (Fsp3) is 0.875. The molecule has 0 saturated carbocycles. The molecule has 0 spiro atoms. The molecule has 0 aromatic rings. The van der Waals surface area contributed by atoms with Gasteiger partial charge in [0.05, 0.1) is 6.54 Å². The van der Waals surface area contributed by atoms with E-state index in [1.54, 1.807) is 7.11 Å². The van der Waals surface area contributed by atoms with Crippen molar-refractivity contribution in [1.82, 2.24) is 10.6 Å². The summed E-state index contributed by atoms with van der Waals surface area (Å²) >= 11 is 0. The average Bonchev–Trinajstić information content (AvgIpc) is 2.13. The van der Waals surface area contributed by atoms with Crippen molar-refractivity contribution in [3.8, 4) is 0 Å². The zero-order valence-corrected chi connectivity index (χ0v) is 8.14. The summed E-state index contributed by atoms with van der Waals surface area (Å²) in [7, 11) is 1.64. The van der Waals surface area contributed by atoms with Gasteiger partial charge in [0.25, 0.3) is 0 Å². The highest BCUT2D eigenvalue weighted by Gasteiger charge is 1.97. The van der Waals surface area contributed by atoms with E-state index in [0.717, 1.165) is 6.42 Å². The zero-order valence-electron chi connectivity index (χ0n) is 8.14. The largest absolute Gasteiger partial charge is 0.385 e. The standard InChI is InChI=1S/C8H19N3O2/c1-13-6-2-4-11-8(12)7-10-5-3-9/h10H,2-7,9H2,1H3,(H,11,12). The first-order valence-electron chi connectivity index (χ1n) is 4.47. The van der Waals surface area contributed by atoms with Crippen molar-refractivity contribution in [2.45, 2.75) is 6.42 Å². The molecule has 0 aliphatic heterocycles. The number of ether oxygens (including phenoxy) is 1. The van der Waals surface area contributed by atoms with Crippen molar-refractivity contribution in [2.24, 2.45) is 5.73 Å². The number of carbonyl (C=O) groups is 1. The van der Waals surface area contributed by atoms with Gasteiger partial charge in [0.2, 0.25) is 5.91 Å². The highest BCUT2D eigenvalue weighted by Crippen LogP contribution is 1.76. The van der Waals surface area contributed by atoms with Crippen molar-refractivity contribution < 1.29 is 9.53 Å². The molecule has 0 rings (SSSR count). The molecule has 5 nitrogen and oxygen atoms in total. The van der Waals surface area contributed by atoms with Crippen molar-refractivity contribution >= 4 is 5.91 Å². The predicted octanol–water partition coefficient (Wildman–Crippen LogP) is -1.31. The summed E-state index contributed by atoms with van der Waals surface area (Å²) in [4.78, 5) is 11.0. The third-order valence-electron chi connectivity index (χ3n) is 1.45. The lowest BCUT2D eigenvalue weighted by molar-refractivity contribution is -0.120. The van der Waals surface area contributed by atoms with Gasteiger partial charge in [0, 0.05) is 33.4 Å². The normalized spacial score (nSPS) is 10.0. The Morgan fingerprint density at radius 1 is 1.46 bits per heavy atom. The molecule has 0 aromatic heterocycles. The third-order valence-corrected chi connectivity index (χ3v) is 1.45. The van der Waals surface area contributed by atoms with Gasteiger partial charge in [0.1, 0.15) is 0 Å². The van der Waals surface area contributed by atoms with Crippen molar-refractivity contribution in [3.63, 3.8) is 0 Å². The van der Waals surface area contributed by atoms with Crippen LogP contribution in [0.1, 0.15) is 6.42 Å². The molecule has 0 unspecified atom stereocenters. The first kappa shape index (κ1) is 12.3. The van der Waals surface area contributed by atoms with Crippen LogP contribution in [0.25, 0.3) is 0 Å². The molecule has 4 N–H and O–H groups in total. The predicted molar refractivity (Wildman–Crippen MR) is 51.4 cm³/mol. The van der Waals surface area contributed by atoms with Crippen LogP contribution in [0.4, 0.5) is 0 Å². The van der Waals surface area contributed by atoms with E-state index in [-0.39, 0.29) is 5.91 Å². The Morgan fingerprint density at radius 3 is 2.85 bits per heavy atom. The first-order chi connectivity index (χ1) is 6.31. The van der Waals surface area contributed by atoms with Crippen LogP contribution in [0.2, 0.25) is 0 Å². The van der Waals surface area contributed by atoms with Gasteiger partial charge >= 0.3 is 0 Å². The van der Waals surface area contributed by atoms with E-state index in [1.807, 2.05) is 0 Å². The second kappa shape index (κ2) is 9.44. The molecule has 0 atom stereocenters. The summed E-state index contributed by atoms with van der Waals surface area (Å²) in [5, 5.41) is 5.66. The molecule has 0 heterocycles. The Labute approximate surface area is 79.0 Å². The van der Waals surface area contributed by atoms with Gasteiger partial charge in [-0.15, -0.1) is 0 Å². The fourth-order valence-electron chi connectivity index (χ4n) is 0.811. The minimum absolute atomic E-state index is 0.00422. The number of carbonyl (C=O) groups excluding carboxylic acids is 1. The van der Waals surface area contributed by atoms with Gasteiger partial charge in [-0.05, 0) is 6.42 Å². The second-order valence-electron chi connectivity index (χ2n) is 2.66. The summed E-state index contributed by atoms with van der Waals surface area (Å²) in [6.45, 7) is 2.90. The minimum Gasteiger partial charge on any atom is -0.385 e. The van der Waals surface area contributed by atoms with Crippen LogP contribution in [0.5, 0.6) is 0 Å². The van der Waals surface area contributed by atoms with E-state index < -0.39 is 0 Å². The quantitative estimate of drug-likeness (QED) is 0.414. The fourth-order valence-corrected chi connectivity index (χ4v) is 0.811. The third kappa shape index (κ3) is 9.26. The lowest BCUT2D eigenvalue weighted by Crippen LogP contribution is -2.36.